The molecule has 0 spiro atoms. The van der Waals surface area contributed by atoms with Gasteiger partial charge in [-0.05, 0) is 29.8 Å². The number of nitrogens with two attached hydrogens (primary N) is 1. The highest BCUT2D eigenvalue weighted by molar-refractivity contribution is 7.26. The lowest BCUT2D eigenvalue weighted by Crippen LogP contribution is -1.83. The molecule has 7 heteroatoms. The summed E-state index contributed by atoms with van der Waals surface area (Å²) in [6, 6.07) is 9.03. The smallest absolute Gasteiger partial charge is 0.212 e. The SMILES string of the molecule is Nc1ncc(-c2nc3ccc(-c4ccc(F)nc4)cc3s2)s1. The van der Waals surface area contributed by atoms with Gasteiger partial charge in [0.2, 0.25) is 5.95 Å². The Balaban J connectivity index is 1.79. The number of rotatable bonds is 2. The molecule has 2 N–H and O–H groups in total. The van der Waals surface area contributed by atoms with Gasteiger partial charge in [0.15, 0.2) is 5.13 Å². The molecule has 0 radical (unpaired) electrons. The molecule has 0 saturated heterocycles. The van der Waals surface area contributed by atoms with Crippen molar-refractivity contribution in [1.82, 2.24) is 15.0 Å². The standard InChI is InChI=1S/C15H9FN4S2/c16-13-4-2-9(6-18-13)8-1-3-10-11(5-8)21-14(20-10)12-7-19-15(17)22-12/h1-7H,(H2,17,19). The van der Waals surface area contributed by atoms with Gasteiger partial charge in [-0.3, -0.25) is 0 Å². The minimum absolute atomic E-state index is 0.479. The normalized spacial score (nSPS) is 11.1. The Bertz CT molecular complexity index is 959. The molecule has 3 heterocycles. The van der Waals surface area contributed by atoms with E-state index in [-0.39, 0.29) is 0 Å². The van der Waals surface area contributed by atoms with Gasteiger partial charge in [0.25, 0.3) is 0 Å². The molecule has 0 atom stereocenters. The van der Waals surface area contributed by atoms with Crippen LogP contribution in [0.1, 0.15) is 0 Å². The van der Waals surface area contributed by atoms with Crippen molar-refractivity contribution >= 4 is 38.0 Å². The topological polar surface area (TPSA) is 64.7 Å². The molecule has 108 valence electrons. The number of nitrogens with zero attached hydrogens (tertiary/aromatic N) is 3. The Labute approximate surface area is 133 Å². The maximum absolute atomic E-state index is 12.9. The summed E-state index contributed by atoms with van der Waals surface area (Å²) >= 11 is 3.01. The third-order valence-corrected chi connectivity index (χ3v) is 5.20. The van der Waals surface area contributed by atoms with Crippen molar-refractivity contribution in [2.24, 2.45) is 0 Å². The van der Waals surface area contributed by atoms with Gasteiger partial charge in [0.1, 0.15) is 5.01 Å². The van der Waals surface area contributed by atoms with Gasteiger partial charge in [-0.15, -0.1) is 11.3 Å². The van der Waals surface area contributed by atoms with Crippen LogP contribution in [0.5, 0.6) is 0 Å². The van der Waals surface area contributed by atoms with E-state index in [4.69, 9.17) is 5.73 Å². The summed E-state index contributed by atoms with van der Waals surface area (Å²) in [6.45, 7) is 0. The summed E-state index contributed by atoms with van der Waals surface area (Å²) in [5.41, 5.74) is 8.45. The molecule has 0 unspecified atom stereocenters. The number of hydrogen-bond donors (Lipinski definition) is 1. The Morgan fingerprint density at radius 2 is 1.82 bits per heavy atom. The number of halogens is 1. The van der Waals surface area contributed by atoms with E-state index in [0.29, 0.717) is 5.13 Å². The fraction of sp³-hybridized carbons (Fsp3) is 0. The molecule has 0 fully saturated rings. The van der Waals surface area contributed by atoms with Gasteiger partial charge >= 0.3 is 0 Å². The molecule has 4 aromatic rings. The fourth-order valence-corrected chi connectivity index (χ4v) is 3.87. The Kier molecular flexibility index (Phi) is 3.09. The Morgan fingerprint density at radius 1 is 0.955 bits per heavy atom. The monoisotopic (exact) mass is 328 g/mol. The van der Waals surface area contributed by atoms with E-state index in [1.807, 2.05) is 18.2 Å². The highest BCUT2D eigenvalue weighted by Gasteiger charge is 2.10. The number of benzene rings is 1. The van der Waals surface area contributed by atoms with Crippen molar-refractivity contribution in [3.63, 3.8) is 0 Å². The van der Waals surface area contributed by atoms with Crippen LogP contribution in [0.3, 0.4) is 0 Å². The first-order valence-electron chi connectivity index (χ1n) is 6.43. The summed E-state index contributed by atoms with van der Waals surface area (Å²) in [6.07, 6.45) is 3.27. The zero-order valence-electron chi connectivity index (χ0n) is 11.2. The van der Waals surface area contributed by atoms with E-state index >= 15 is 0 Å². The number of nitrogen functional groups attached to an aromatic ring is 1. The molecule has 0 amide bonds. The Hall–Kier alpha value is -2.38. The van der Waals surface area contributed by atoms with Crippen LogP contribution in [0.25, 0.3) is 31.2 Å². The van der Waals surface area contributed by atoms with Crippen LogP contribution in [-0.2, 0) is 0 Å². The minimum Gasteiger partial charge on any atom is -0.375 e. The second-order valence-corrected chi connectivity index (χ2v) is 6.73. The maximum Gasteiger partial charge on any atom is 0.212 e. The number of pyridine rings is 1. The zero-order chi connectivity index (χ0) is 15.1. The highest BCUT2D eigenvalue weighted by Crippen LogP contribution is 2.35. The van der Waals surface area contributed by atoms with E-state index in [1.165, 1.54) is 23.6 Å². The molecule has 4 rings (SSSR count). The molecule has 0 aliphatic heterocycles. The number of thiazole rings is 2. The van der Waals surface area contributed by atoms with Crippen molar-refractivity contribution in [1.29, 1.82) is 0 Å². The van der Waals surface area contributed by atoms with Crippen molar-refractivity contribution < 1.29 is 4.39 Å². The molecule has 0 bridgehead atoms. The minimum atomic E-state index is -0.479. The van der Waals surface area contributed by atoms with Gasteiger partial charge in [-0.2, -0.15) is 4.39 Å². The summed E-state index contributed by atoms with van der Waals surface area (Å²) in [5.74, 6) is -0.479. The van der Waals surface area contributed by atoms with E-state index < -0.39 is 5.95 Å². The van der Waals surface area contributed by atoms with Gasteiger partial charge in [0, 0.05) is 11.8 Å². The average molecular weight is 328 g/mol. The van der Waals surface area contributed by atoms with Crippen LogP contribution in [-0.4, -0.2) is 15.0 Å². The molecule has 0 aliphatic carbocycles. The van der Waals surface area contributed by atoms with Crippen LogP contribution >= 0.6 is 22.7 Å². The third-order valence-electron chi connectivity index (χ3n) is 3.18. The van der Waals surface area contributed by atoms with E-state index in [1.54, 1.807) is 23.6 Å². The van der Waals surface area contributed by atoms with Crippen molar-refractivity contribution in [2.75, 3.05) is 5.73 Å². The summed E-state index contributed by atoms with van der Waals surface area (Å²) in [4.78, 5) is 13.3. The molecular weight excluding hydrogens is 319 g/mol. The first-order chi connectivity index (χ1) is 10.7. The number of aromatic nitrogens is 3. The molecule has 22 heavy (non-hydrogen) atoms. The van der Waals surface area contributed by atoms with Gasteiger partial charge in [-0.25, -0.2) is 15.0 Å². The number of fused-ring (bicyclic) bond motifs is 1. The summed E-state index contributed by atoms with van der Waals surface area (Å²) < 4.78 is 14.0. The zero-order valence-corrected chi connectivity index (χ0v) is 12.8. The summed E-state index contributed by atoms with van der Waals surface area (Å²) in [7, 11) is 0. The second-order valence-electron chi connectivity index (χ2n) is 4.63. The number of anilines is 1. The van der Waals surface area contributed by atoms with Crippen LogP contribution in [0.2, 0.25) is 0 Å². The second kappa shape index (κ2) is 5.11. The Morgan fingerprint density at radius 3 is 2.55 bits per heavy atom. The number of hydrogen-bond acceptors (Lipinski definition) is 6. The quantitative estimate of drug-likeness (QED) is 0.560. The van der Waals surface area contributed by atoms with Crippen molar-refractivity contribution in [3.05, 3.63) is 48.7 Å². The largest absolute Gasteiger partial charge is 0.375 e. The van der Waals surface area contributed by atoms with Crippen LogP contribution < -0.4 is 5.73 Å². The molecule has 0 saturated carbocycles. The van der Waals surface area contributed by atoms with E-state index in [9.17, 15) is 4.39 Å². The molecule has 4 nitrogen and oxygen atoms in total. The maximum atomic E-state index is 12.9. The van der Waals surface area contributed by atoms with Crippen molar-refractivity contribution in [2.45, 2.75) is 0 Å². The lowest BCUT2D eigenvalue weighted by atomic mass is 10.1. The lowest BCUT2D eigenvalue weighted by molar-refractivity contribution is 0.584. The van der Waals surface area contributed by atoms with E-state index in [0.717, 1.165) is 31.2 Å². The predicted octanol–water partition coefficient (Wildman–Crippen LogP) is 4.20. The lowest BCUT2D eigenvalue weighted by Gasteiger charge is -2.00. The first-order valence-corrected chi connectivity index (χ1v) is 8.06. The molecule has 0 aliphatic rings. The van der Waals surface area contributed by atoms with Gasteiger partial charge < -0.3 is 5.73 Å². The summed E-state index contributed by atoms with van der Waals surface area (Å²) in [5, 5.41) is 1.44. The molecule has 1 aromatic carbocycles. The molecular formula is C15H9FN4S2. The van der Waals surface area contributed by atoms with Gasteiger partial charge in [-0.1, -0.05) is 17.4 Å². The van der Waals surface area contributed by atoms with E-state index in [2.05, 4.69) is 15.0 Å². The van der Waals surface area contributed by atoms with Crippen molar-refractivity contribution in [3.8, 4) is 21.0 Å². The predicted molar refractivity (Wildman–Crippen MR) is 88.3 cm³/mol. The first kappa shape index (κ1) is 13.3. The van der Waals surface area contributed by atoms with Gasteiger partial charge in [0.05, 0.1) is 21.3 Å². The average Bonchev–Trinajstić information content (AvgIpc) is 3.13. The van der Waals surface area contributed by atoms with Crippen LogP contribution in [0, 0.1) is 5.95 Å². The third kappa shape index (κ3) is 2.34. The fourth-order valence-electron chi connectivity index (χ4n) is 2.14. The molecule has 3 aromatic heterocycles. The highest BCUT2D eigenvalue weighted by atomic mass is 32.1. The van der Waals surface area contributed by atoms with Crippen LogP contribution in [0.15, 0.2) is 42.7 Å². The van der Waals surface area contributed by atoms with Crippen LogP contribution in [0.4, 0.5) is 9.52 Å².